The molecule has 1 aliphatic heterocycles. The van der Waals surface area contributed by atoms with Gasteiger partial charge in [-0.3, -0.25) is 38.5 Å². The van der Waals surface area contributed by atoms with Crippen molar-refractivity contribution in [3.63, 3.8) is 0 Å². The number of likely N-dealkylation sites (tertiary alicyclic amines) is 1. The lowest BCUT2D eigenvalue weighted by molar-refractivity contribution is -0.148. The first-order valence-corrected chi connectivity index (χ1v) is 22.7. The number of imide groups is 1. The highest BCUT2D eigenvalue weighted by atomic mass is 32.2. The number of carbonyl (C=O) groups is 8. The third-order valence-corrected chi connectivity index (χ3v) is 12.0. The molecule has 0 aliphatic carbocycles. The first-order valence-electron chi connectivity index (χ1n) is 20.5. The molecule has 5 N–H and O–H groups in total. The predicted molar refractivity (Wildman–Crippen MR) is 229 cm³/mol. The molecule has 1 aromatic carbocycles. The molecule has 16 heteroatoms. The van der Waals surface area contributed by atoms with Crippen LogP contribution in [0.5, 0.6) is 0 Å². The van der Waals surface area contributed by atoms with Gasteiger partial charge < -0.3 is 26.4 Å². The smallest absolute Gasteiger partial charge is 0.312 e. The normalized spacial score (nSPS) is 15.1. The van der Waals surface area contributed by atoms with Crippen molar-refractivity contribution in [2.45, 2.75) is 124 Å². The molecule has 324 valence electrons. The predicted octanol–water partition coefficient (Wildman–Crippen LogP) is 5.65. The fourth-order valence-corrected chi connectivity index (χ4v) is 8.28. The molecular formula is C42H65N5O9S2. The number of anilines is 1. The van der Waals surface area contributed by atoms with Crippen LogP contribution in [-0.4, -0.2) is 93.7 Å². The molecule has 1 fully saturated rings. The molecule has 6 amide bonds. The maximum Gasteiger partial charge on any atom is 0.312 e. The number of thioether (sulfide) groups is 2. The fraction of sp³-hybridized carbons (Fsp3) is 0.667. The van der Waals surface area contributed by atoms with Gasteiger partial charge >= 0.3 is 12.0 Å². The van der Waals surface area contributed by atoms with Gasteiger partial charge in [-0.2, -0.15) is 11.8 Å². The molecule has 2 rings (SSSR count). The van der Waals surface area contributed by atoms with E-state index in [9.17, 15) is 38.4 Å². The third kappa shape index (κ3) is 19.2. The number of nitrogens with zero attached hydrogens (tertiary/aromatic N) is 1. The number of hydrogen-bond acceptors (Lipinski definition) is 11. The molecule has 1 heterocycles. The van der Waals surface area contributed by atoms with Gasteiger partial charge in [-0.15, -0.1) is 11.8 Å². The Kier molecular flexibility index (Phi) is 23.3. The van der Waals surface area contributed by atoms with Gasteiger partial charge in [0.1, 0.15) is 12.4 Å². The van der Waals surface area contributed by atoms with Crippen LogP contribution in [0.3, 0.4) is 0 Å². The number of rotatable bonds is 29. The topological polar surface area (TPSA) is 211 Å². The van der Waals surface area contributed by atoms with E-state index in [0.717, 1.165) is 29.2 Å². The third-order valence-electron chi connectivity index (χ3n) is 9.63. The number of primary amides is 1. The highest BCUT2D eigenvalue weighted by Gasteiger charge is 2.38. The summed E-state index contributed by atoms with van der Waals surface area (Å²) in [6, 6.07) is 5.32. The van der Waals surface area contributed by atoms with Gasteiger partial charge in [0, 0.05) is 62.0 Å². The average molecular weight is 848 g/mol. The number of ether oxygens (including phenoxy) is 1. The number of carbonyl (C=O) groups excluding carboxylic acids is 8. The van der Waals surface area contributed by atoms with Crippen LogP contribution in [0.4, 0.5) is 10.5 Å². The van der Waals surface area contributed by atoms with Crippen molar-refractivity contribution in [1.82, 2.24) is 15.5 Å². The van der Waals surface area contributed by atoms with Gasteiger partial charge in [0.2, 0.25) is 23.6 Å². The summed E-state index contributed by atoms with van der Waals surface area (Å²) in [6.07, 6.45) is 4.07. The molecule has 1 aliphatic rings. The van der Waals surface area contributed by atoms with E-state index in [1.165, 1.54) is 16.7 Å². The zero-order chi connectivity index (χ0) is 43.2. The summed E-state index contributed by atoms with van der Waals surface area (Å²) in [7, 11) is 0. The summed E-state index contributed by atoms with van der Waals surface area (Å²) < 4.78 is 5.26. The van der Waals surface area contributed by atoms with Gasteiger partial charge in [0.05, 0.1) is 17.2 Å². The number of nitrogens with one attached hydrogen (secondary N) is 3. The summed E-state index contributed by atoms with van der Waals surface area (Å²) in [4.78, 5) is 102. The molecule has 58 heavy (non-hydrogen) atoms. The second kappa shape index (κ2) is 27.0. The number of benzene rings is 1. The number of Topliss-reactive ketones (excluding diaryl/α,β-unsaturated/α-hetero) is 2. The zero-order valence-corrected chi connectivity index (χ0v) is 36.7. The lowest BCUT2D eigenvalue weighted by atomic mass is 9.89. The summed E-state index contributed by atoms with van der Waals surface area (Å²) in [5.41, 5.74) is 6.43. The first-order chi connectivity index (χ1) is 27.5. The Balaban J connectivity index is 1.82. The van der Waals surface area contributed by atoms with E-state index < -0.39 is 18.0 Å². The summed E-state index contributed by atoms with van der Waals surface area (Å²) in [5.74, 6) is -0.0458. The van der Waals surface area contributed by atoms with E-state index in [4.69, 9.17) is 10.5 Å². The van der Waals surface area contributed by atoms with Gasteiger partial charge in [-0.25, -0.2) is 4.79 Å². The van der Waals surface area contributed by atoms with E-state index >= 15 is 0 Å². The quantitative estimate of drug-likeness (QED) is 0.0440. The maximum atomic E-state index is 13.6. The van der Waals surface area contributed by atoms with E-state index in [1.807, 2.05) is 27.7 Å². The van der Waals surface area contributed by atoms with Crippen LogP contribution in [-0.2, 0) is 44.9 Å². The highest BCUT2D eigenvalue weighted by molar-refractivity contribution is 8.01. The second-order valence-electron chi connectivity index (χ2n) is 15.6. The Hall–Kier alpha value is -3.92. The van der Waals surface area contributed by atoms with Crippen molar-refractivity contribution in [1.29, 1.82) is 0 Å². The van der Waals surface area contributed by atoms with Crippen LogP contribution < -0.4 is 21.7 Å². The SMILES string of the molecule is CC(C)C(=O)CCSCCCSC1CC(=O)N(CCCCCC(=O)N[C@H](C(=O)C[C@@H](CCCNC(N)=O)C(=O)Nc2ccc(COC(=O)C(C)C)cc2)C(C)C)C1=O. The summed E-state index contributed by atoms with van der Waals surface area (Å²) in [6.45, 7) is 11.6. The lowest BCUT2D eigenvalue weighted by Crippen LogP contribution is -2.45. The molecule has 0 saturated carbocycles. The standard InChI is InChI=1S/C42H65N5O9S2/c1-27(2)33(48)18-23-57-21-11-22-58-35-25-37(51)47(40(35)53)20-9-7-8-13-36(50)46-38(28(3)4)34(49)24-31(12-10-19-44-42(43)55)39(52)45-32-16-14-30(15-17-32)26-56-41(54)29(5)6/h14-17,27-29,31,35,38H,7-13,18-26H2,1-6H3,(H,45,52)(H,46,50)(H3,43,44,55)/t31-,35?,38+/m1/s1. The first kappa shape index (κ1) is 50.2. The van der Waals surface area contributed by atoms with Gasteiger partial charge in [0.15, 0.2) is 5.78 Å². The van der Waals surface area contributed by atoms with Crippen molar-refractivity contribution in [3.05, 3.63) is 29.8 Å². The molecule has 1 saturated heterocycles. The van der Waals surface area contributed by atoms with E-state index in [1.54, 1.807) is 49.9 Å². The number of ketones is 2. The van der Waals surface area contributed by atoms with Crippen LogP contribution in [0.15, 0.2) is 24.3 Å². The molecule has 0 aromatic heterocycles. The van der Waals surface area contributed by atoms with Crippen LogP contribution in [0.2, 0.25) is 0 Å². The van der Waals surface area contributed by atoms with Gasteiger partial charge in [0.25, 0.3) is 0 Å². The highest BCUT2D eigenvalue weighted by Crippen LogP contribution is 2.27. The van der Waals surface area contributed by atoms with E-state index in [0.29, 0.717) is 44.3 Å². The van der Waals surface area contributed by atoms with Crippen molar-refractivity contribution >= 4 is 76.4 Å². The van der Waals surface area contributed by atoms with Gasteiger partial charge in [-0.05, 0) is 67.2 Å². The average Bonchev–Trinajstić information content (AvgIpc) is 3.43. The summed E-state index contributed by atoms with van der Waals surface area (Å²) >= 11 is 3.25. The van der Waals surface area contributed by atoms with E-state index in [-0.39, 0.29) is 103 Å². The number of hydrogen-bond donors (Lipinski definition) is 4. The Bertz CT molecular complexity index is 1540. The van der Waals surface area contributed by atoms with Crippen LogP contribution >= 0.6 is 23.5 Å². The summed E-state index contributed by atoms with van der Waals surface area (Å²) in [5, 5.41) is 7.84. The second-order valence-corrected chi connectivity index (χ2v) is 18.2. The minimum Gasteiger partial charge on any atom is -0.461 e. The number of unbranched alkanes of at least 4 members (excludes halogenated alkanes) is 2. The molecule has 1 unspecified atom stereocenters. The van der Waals surface area contributed by atoms with Crippen molar-refractivity contribution in [2.24, 2.45) is 29.4 Å². The number of nitrogens with two attached hydrogens (primary N) is 1. The van der Waals surface area contributed by atoms with Crippen molar-refractivity contribution < 1.29 is 43.1 Å². The van der Waals surface area contributed by atoms with Crippen LogP contribution in [0.1, 0.15) is 111 Å². The number of urea groups is 1. The molecular weight excluding hydrogens is 783 g/mol. The number of esters is 1. The fourth-order valence-electron chi connectivity index (χ4n) is 6.07. The molecule has 14 nitrogen and oxygen atoms in total. The monoisotopic (exact) mass is 847 g/mol. The zero-order valence-electron chi connectivity index (χ0n) is 35.1. The van der Waals surface area contributed by atoms with Crippen molar-refractivity contribution in [2.75, 3.05) is 35.7 Å². The van der Waals surface area contributed by atoms with Crippen LogP contribution in [0, 0.1) is 23.7 Å². The van der Waals surface area contributed by atoms with Crippen molar-refractivity contribution in [3.8, 4) is 0 Å². The Morgan fingerprint density at radius 3 is 2.19 bits per heavy atom. The Morgan fingerprint density at radius 2 is 1.55 bits per heavy atom. The molecule has 0 bridgehead atoms. The largest absolute Gasteiger partial charge is 0.461 e. The molecule has 0 radical (unpaired) electrons. The minimum atomic E-state index is -0.818. The number of amides is 6. The van der Waals surface area contributed by atoms with Gasteiger partial charge in [-0.1, -0.05) is 60.1 Å². The Morgan fingerprint density at radius 1 is 0.845 bits per heavy atom. The lowest BCUT2D eigenvalue weighted by Gasteiger charge is -2.24. The maximum absolute atomic E-state index is 13.6. The molecule has 1 aromatic rings. The van der Waals surface area contributed by atoms with Crippen LogP contribution in [0.25, 0.3) is 0 Å². The van der Waals surface area contributed by atoms with E-state index in [2.05, 4.69) is 16.0 Å². The Labute approximate surface area is 352 Å². The minimum absolute atomic E-state index is 0.0602. The molecule has 0 spiro atoms. The molecule has 3 atom stereocenters.